The van der Waals surface area contributed by atoms with Crippen LogP contribution in [0.4, 0.5) is 5.69 Å². The third kappa shape index (κ3) is 2.68. The van der Waals surface area contributed by atoms with Crippen LogP contribution in [0.1, 0.15) is 51.8 Å². The Hall–Kier alpha value is -2.07. The van der Waals surface area contributed by atoms with Crippen LogP contribution in [0, 0.1) is 13.8 Å². The molecule has 0 spiro atoms. The molecule has 1 saturated carbocycles. The number of amides is 1. The van der Waals surface area contributed by atoms with Crippen molar-refractivity contribution in [1.29, 1.82) is 0 Å². The summed E-state index contributed by atoms with van der Waals surface area (Å²) >= 11 is 0. The maximum absolute atomic E-state index is 12.7. The van der Waals surface area contributed by atoms with Gasteiger partial charge in [-0.05, 0) is 62.4 Å². The lowest BCUT2D eigenvalue weighted by molar-refractivity contribution is 0.102. The lowest BCUT2D eigenvalue weighted by atomic mass is 10.0. The maximum atomic E-state index is 12.7. The summed E-state index contributed by atoms with van der Waals surface area (Å²) in [5.41, 5.74) is 6.37. The van der Waals surface area contributed by atoms with E-state index in [1.165, 1.54) is 29.7 Å². The third-order valence-electron chi connectivity index (χ3n) is 4.88. The molecule has 0 radical (unpaired) electrons. The van der Waals surface area contributed by atoms with Gasteiger partial charge in [-0.3, -0.25) is 4.79 Å². The number of anilines is 1. The molecule has 0 atom stereocenters. The van der Waals surface area contributed by atoms with Crippen molar-refractivity contribution < 1.29 is 9.53 Å². The minimum Gasteiger partial charge on any atom is -0.376 e. The minimum atomic E-state index is -0.0262. The third-order valence-corrected chi connectivity index (χ3v) is 4.88. The average Bonchev–Trinajstić information content (AvgIpc) is 3.32. The first-order valence-electron chi connectivity index (χ1n) is 8.33. The van der Waals surface area contributed by atoms with Crippen molar-refractivity contribution in [2.45, 2.75) is 45.8 Å². The highest BCUT2D eigenvalue weighted by atomic mass is 16.5. The highest BCUT2D eigenvalue weighted by molar-refractivity contribution is 6.05. The Bertz CT molecular complexity index is 772. The maximum Gasteiger partial charge on any atom is 0.257 e. The average molecular weight is 310 g/mol. The fraction of sp³-hybridized carbons (Fsp3) is 0.421. The fourth-order valence-corrected chi connectivity index (χ4v) is 3.55. The molecule has 1 N–H and O–H groups in total. The molecule has 1 fully saturated rings. The van der Waals surface area contributed by atoms with Crippen molar-refractivity contribution in [2.24, 2.45) is 0 Å². The number of aromatic nitrogens is 1. The van der Waals surface area contributed by atoms with Crippen LogP contribution in [-0.2, 0) is 17.8 Å². The molecular weight excluding hydrogens is 288 g/mol. The number of hydrogen-bond donors (Lipinski definition) is 1. The summed E-state index contributed by atoms with van der Waals surface area (Å²) in [6, 6.07) is 8.72. The quantitative estimate of drug-likeness (QED) is 0.938. The first-order chi connectivity index (χ1) is 11.1. The van der Waals surface area contributed by atoms with Gasteiger partial charge in [0, 0.05) is 23.1 Å². The first-order valence-corrected chi connectivity index (χ1v) is 8.33. The van der Waals surface area contributed by atoms with Gasteiger partial charge in [0.2, 0.25) is 0 Å². The predicted octanol–water partition coefficient (Wildman–Crippen LogP) is 3.76. The van der Waals surface area contributed by atoms with Gasteiger partial charge in [0.1, 0.15) is 0 Å². The van der Waals surface area contributed by atoms with E-state index in [0.717, 1.165) is 30.0 Å². The number of carbonyl (C=O) groups excluding carboxylic acids is 1. The molecule has 2 aliphatic rings. The van der Waals surface area contributed by atoms with Gasteiger partial charge >= 0.3 is 0 Å². The lowest BCUT2D eigenvalue weighted by Crippen LogP contribution is -2.15. The van der Waals surface area contributed by atoms with E-state index < -0.39 is 0 Å². The molecule has 0 saturated heterocycles. The highest BCUT2D eigenvalue weighted by Crippen LogP contribution is 2.38. The van der Waals surface area contributed by atoms with Crippen molar-refractivity contribution >= 4 is 11.6 Å². The molecule has 1 amide bonds. The van der Waals surface area contributed by atoms with E-state index in [9.17, 15) is 4.79 Å². The monoisotopic (exact) mass is 310 g/mol. The molecule has 2 heterocycles. The molecule has 1 aromatic carbocycles. The molecule has 4 rings (SSSR count). The highest BCUT2D eigenvalue weighted by Gasteiger charge is 2.28. The molecule has 4 heteroatoms. The van der Waals surface area contributed by atoms with E-state index in [2.05, 4.69) is 22.9 Å². The SMILES string of the molecule is Cc1cc(C(=O)Nc2ccc3c(c2)COCC3)c(C)n1C1CC1. The number of fused-ring (bicyclic) bond motifs is 1. The summed E-state index contributed by atoms with van der Waals surface area (Å²) in [5, 5.41) is 3.04. The second-order valence-corrected chi connectivity index (χ2v) is 6.63. The smallest absolute Gasteiger partial charge is 0.257 e. The number of carbonyl (C=O) groups is 1. The summed E-state index contributed by atoms with van der Waals surface area (Å²) in [6.45, 7) is 5.54. The van der Waals surface area contributed by atoms with Crippen LogP contribution in [0.5, 0.6) is 0 Å². The standard InChI is InChI=1S/C19H22N2O2/c1-12-9-18(13(2)21(12)17-5-6-17)19(22)20-16-4-3-14-7-8-23-11-15(14)10-16/h3-4,9-10,17H,5-8,11H2,1-2H3,(H,20,22). The Balaban J connectivity index is 1.57. The van der Waals surface area contributed by atoms with E-state index in [4.69, 9.17) is 4.74 Å². The number of rotatable bonds is 3. The second-order valence-electron chi connectivity index (χ2n) is 6.63. The van der Waals surface area contributed by atoms with E-state index in [-0.39, 0.29) is 5.91 Å². The van der Waals surface area contributed by atoms with Crippen LogP contribution in [0.2, 0.25) is 0 Å². The Morgan fingerprint density at radius 1 is 1.22 bits per heavy atom. The van der Waals surface area contributed by atoms with Gasteiger partial charge in [-0.25, -0.2) is 0 Å². The summed E-state index contributed by atoms with van der Waals surface area (Å²) < 4.78 is 7.80. The van der Waals surface area contributed by atoms with Crippen LogP contribution < -0.4 is 5.32 Å². The number of aryl methyl sites for hydroxylation is 1. The lowest BCUT2D eigenvalue weighted by Gasteiger charge is -2.17. The zero-order valence-electron chi connectivity index (χ0n) is 13.7. The van der Waals surface area contributed by atoms with Gasteiger partial charge in [-0.1, -0.05) is 6.07 Å². The molecule has 1 aliphatic heterocycles. The van der Waals surface area contributed by atoms with E-state index in [1.54, 1.807) is 0 Å². The Morgan fingerprint density at radius 3 is 2.83 bits per heavy atom. The number of hydrogen-bond acceptors (Lipinski definition) is 2. The van der Waals surface area contributed by atoms with Crippen molar-refractivity contribution in [3.8, 4) is 0 Å². The normalized spacial score (nSPS) is 17.0. The predicted molar refractivity (Wildman–Crippen MR) is 89.9 cm³/mol. The molecule has 120 valence electrons. The number of ether oxygens (including phenoxy) is 1. The minimum absolute atomic E-state index is 0.0262. The summed E-state index contributed by atoms with van der Waals surface area (Å²) in [7, 11) is 0. The fourth-order valence-electron chi connectivity index (χ4n) is 3.55. The molecule has 23 heavy (non-hydrogen) atoms. The zero-order valence-corrected chi connectivity index (χ0v) is 13.7. The summed E-state index contributed by atoms with van der Waals surface area (Å²) in [4.78, 5) is 12.7. The van der Waals surface area contributed by atoms with E-state index in [1.807, 2.05) is 25.1 Å². The summed E-state index contributed by atoms with van der Waals surface area (Å²) in [6.07, 6.45) is 3.40. The molecule has 1 aliphatic carbocycles. The van der Waals surface area contributed by atoms with Crippen LogP contribution >= 0.6 is 0 Å². The van der Waals surface area contributed by atoms with Gasteiger partial charge in [0.15, 0.2) is 0 Å². The molecule has 0 unspecified atom stereocenters. The van der Waals surface area contributed by atoms with Crippen LogP contribution in [0.3, 0.4) is 0 Å². The molecule has 0 bridgehead atoms. The Morgan fingerprint density at radius 2 is 2.04 bits per heavy atom. The number of nitrogens with zero attached hydrogens (tertiary/aromatic N) is 1. The van der Waals surface area contributed by atoms with Gasteiger partial charge < -0.3 is 14.6 Å². The summed E-state index contributed by atoms with van der Waals surface area (Å²) in [5.74, 6) is -0.0262. The second kappa shape index (κ2) is 5.53. The van der Waals surface area contributed by atoms with Gasteiger partial charge in [0.25, 0.3) is 5.91 Å². The van der Waals surface area contributed by atoms with E-state index >= 15 is 0 Å². The Kier molecular flexibility index (Phi) is 3.49. The Labute approximate surface area is 136 Å². The molecule has 4 nitrogen and oxygen atoms in total. The van der Waals surface area contributed by atoms with Crippen LogP contribution in [0.25, 0.3) is 0 Å². The van der Waals surface area contributed by atoms with Crippen molar-refractivity contribution in [3.05, 3.63) is 52.3 Å². The number of benzene rings is 1. The van der Waals surface area contributed by atoms with Gasteiger partial charge in [-0.2, -0.15) is 0 Å². The van der Waals surface area contributed by atoms with Crippen LogP contribution in [-0.4, -0.2) is 17.1 Å². The van der Waals surface area contributed by atoms with Crippen molar-refractivity contribution in [1.82, 2.24) is 4.57 Å². The largest absolute Gasteiger partial charge is 0.376 e. The molecule has 2 aromatic rings. The first kappa shape index (κ1) is 14.5. The topological polar surface area (TPSA) is 43.3 Å². The van der Waals surface area contributed by atoms with E-state index in [0.29, 0.717) is 12.6 Å². The zero-order chi connectivity index (χ0) is 16.0. The molecule has 1 aromatic heterocycles. The van der Waals surface area contributed by atoms with Gasteiger partial charge in [0.05, 0.1) is 18.8 Å². The van der Waals surface area contributed by atoms with Crippen molar-refractivity contribution in [2.75, 3.05) is 11.9 Å². The van der Waals surface area contributed by atoms with Crippen LogP contribution in [0.15, 0.2) is 24.3 Å². The molecular formula is C19H22N2O2. The van der Waals surface area contributed by atoms with Gasteiger partial charge in [-0.15, -0.1) is 0 Å². The van der Waals surface area contributed by atoms with Crippen molar-refractivity contribution in [3.63, 3.8) is 0 Å². The number of nitrogens with one attached hydrogen (secondary N) is 1.